The Kier molecular flexibility index (Phi) is 4.81. The van der Waals surface area contributed by atoms with E-state index in [2.05, 4.69) is 41.8 Å². The predicted molar refractivity (Wildman–Crippen MR) is 113 cm³/mol. The van der Waals surface area contributed by atoms with E-state index >= 15 is 0 Å². The first-order valence-corrected chi connectivity index (χ1v) is 9.13. The first kappa shape index (κ1) is 17.8. The molecule has 4 rings (SSSR count). The molecule has 2 N–H and O–H groups in total. The van der Waals surface area contributed by atoms with Gasteiger partial charge in [0.2, 0.25) is 0 Å². The molecule has 0 spiro atoms. The SMILES string of the molecule is CNC(=O)OCc1cccc(Nc2c3ccccc3nc3cc(C)ccc23)c1. The van der Waals surface area contributed by atoms with Crippen molar-refractivity contribution in [2.45, 2.75) is 13.5 Å². The number of amides is 1. The first-order valence-electron chi connectivity index (χ1n) is 9.13. The normalized spacial score (nSPS) is 10.8. The molecule has 28 heavy (non-hydrogen) atoms. The molecule has 0 saturated carbocycles. The quantitative estimate of drug-likeness (QED) is 0.478. The molecule has 5 nitrogen and oxygen atoms in total. The average Bonchev–Trinajstić information content (AvgIpc) is 2.72. The Balaban J connectivity index is 1.75. The summed E-state index contributed by atoms with van der Waals surface area (Å²) in [6, 6.07) is 22.3. The van der Waals surface area contributed by atoms with Crippen LogP contribution in [0.1, 0.15) is 11.1 Å². The molecule has 0 atom stereocenters. The number of para-hydroxylation sites is 1. The maximum Gasteiger partial charge on any atom is 0.407 e. The van der Waals surface area contributed by atoms with Gasteiger partial charge in [-0.3, -0.25) is 0 Å². The molecule has 0 aliphatic heterocycles. The third kappa shape index (κ3) is 3.60. The molecule has 5 heteroatoms. The molecule has 4 aromatic rings. The van der Waals surface area contributed by atoms with Crippen LogP contribution in [0.15, 0.2) is 66.7 Å². The van der Waals surface area contributed by atoms with E-state index in [9.17, 15) is 4.79 Å². The number of anilines is 2. The summed E-state index contributed by atoms with van der Waals surface area (Å²) in [6.07, 6.45) is -0.445. The summed E-state index contributed by atoms with van der Waals surface area (Å²) in [4.78, 5) is 16.1. The van der Waals surface area contributed by atoms with Crippen molar-refractivity contribution >= 4 is 39.3 Å². The molecule has 0 radical (unpaired) electrons. The number of rotatable bonds is 4. The maximum atomic E-state index is 11.3. The second kappa shape index (κ2) is 7.56. The Morgan fingerprint density at radius 3 is 2.64 bits per heavy atom. The van der Waals surface area contributed by atoms with E-state index in [0.29, 0.717) is 0 Å². The smallest absolute Gasteiger partial charge is 0.407 e. The lowest BCUT2D eigenvalue weighted by Crippen LogP contribution is -2.18. The van der Waals surface area contributed by atoms with Crippen LogP contribution in [-0.2, 0) is 11.3 Å². The summed E-state index contributed by atoms with van der Waals surface area (Å²) in [5, 5.41) is 8.13. The molecule has 0 bridgehead atoms. The van der Waals surface area contributed by atoms with Crippen LogP contribution in [0.2, 0.25) is 0 Å². The first-order chi connectivity index (χ1) is 13.6. The van der Waals surface area contributed by atoms with Gasteiger partial charge in [-0.15, -0.1) is 0 Å². The number of hydrogen-bond donors (Lipinski definition) is 2. The zero-order chi connectivity index (χ0) is 19.5. The Hall–Kier alpha value is -3.60. The van der Waals surface area contributed by atoms with Gasteiger partial charge in [-0.2, -0.15) is 0 Å². The van der Waals surface area contributed by atoms with Gasteiger partial charge < -0.3 is 15.4 Å². The van der Waals surface area contributed by atoms with E-state index in [-0.39, 0.29) is 6.61 Å². The number of carbonyl (C=O) groups is 1. The van der Waals surface area contributed by atoms with E-state index in [1.165, 1.54) is 5.56 Å². The lowest BCUT2D eigenvalue weighted by molar-refractivity contribution is 0.142. The summed E-state index contributed by atoms with van der Waals surface area (Å²) in [6.45, 7) is 2.28. The molecule has 0 aliphatic rings. The topological polar surface area (TPSA) is 63.2 Å². The molecular formula is C23H21N3O2. The molecule has 3 aromatic carbocycles. The zero-order valence-corrected chi connectivity index (χ0v) is 15.8. The van der Waals surface area contributed by atoms with Gasteiger partial charge in [0, 0.05) is 23.5 Å². The lowest BCUT2D eigenvalue weighted by atomic mass is 10.1. The fraction of sp³-hybridized carbons (Fsp3) is 0.130. The number of nitrogens with zero attached hydrogens (tertiary/aromatic N) is 1. The van der Waals surface area contributed by atoms with Crippen LogP contribution in [0.4, 0.5) is 16.2 Å². The number of fused-ring (bicyclic) bond motifs is 2. The minimum absolute atomic E-state index is 0.215. The van der Waals surface area contributed by atoms with Crippen LogP contribution in [0, 0.1) is 6.92 Å². The second-order valence-corrected chi connectivity index (χ2v) is 6.68. The van der Waals surface area contributed by atoms with Crippen LogP contribution < -0.4 is 10.6 Å². The van der Waals surface area contributed by atoms with Gasteiger partial charge in [0.15, 0.2) is 0 Å². The van der Waals surface area contributed by atoms with Crippen molar-refractivity contribution in [1.29, 1.82) is 0 Å². The van der Waals surface area contributed by atoms with Gasteiger partial charge >= 0.3 is 6.09 Å². The highest BCUT2D eigenvalue weighted by molar-refractivity contribution is 6.08. The second-order valence-electron chi connectivity index (χ2n) is 6.68. The number of alkyl carbamates (subject to hydrolysis) is 1. The van der Waals surface area contributed by atoms with Gasteiger partial charge in [-0.05, 0) is 42.3 Å². The number of carbonyl (C=O) groups excluding carboxylic acids is 1. The fourth-order valence-electron chi connectivity index (χ4n) is 3.24. The van der Waals surface area contributed by atoms with Crippen molar-refractivity contribution in [3.05, 3.63) is 77.9 Å². The molecule has 1 amide bonds. The highest BCUT2D eigenvalue weighted by atomic mass is 16.5. The summed E-state index contributed by atoms with van der Waals surface area (Å²) in [7, 11) is 1.54. The standard InChI is InChI=1S/C23H21N3O2/c1-15-10-11-19-21(12-15)26-20-9-4-3-8-18(20)22(19)25-17-7-5-6-16(13-17)14-28-23(27)24-2/h3-13H,14H2,1-2H3,(H,24,27)(H,25,26). The fourth-order valence-corrected chi connectivity index (χ4v) is 3.24. The van der Waals surface area contributed by atoms with Gasteiger partial charge in [0.1, 0.15) is 6.61 Å². The number of ether oxygens (including phenoxy) is 1. The van der Waals surface area contributed by atoms with E-state index in [0.717, 1.165) is 38.7 Å². The van der Waals surface area contributed by atoms with Gasteiger partial charge in [-0.25, -0.2) is 9.78 Å². The Morgan fingerprint density at radius 2 is 1.79 bits per heavy atom. The lowest BCUT2D eigenvalue weighted by Gasteiger charge is -2.14. The summed E-state index contributed by atoms with van der Waals surface area (Å²) in [5.41, 5.74) is 5.94. The van der Waals surface area contributed by atoms with Crippen LogP contribution >= 0.6 is 0 Å². The minimum atomic E-state index is -0.445. The maximum absolute atomic E-state index is 11.3. The van der Waals surface area contributed by atoms with E-state index < -0.39 is 6.09 Å². The van der Waals surface area contributed by atoms with E-state index in [4.69, 9.17) is 9.72 Å². The van der Waals surface area contributed by atoms with Crippen LogP contribution in [0.3, 0.4) is 0 Å². The number of benzene rings is 3. The number of aromatic nitrogens is 1. The minimum Gasteiger partial charge on any atom is -0.445 e. The third-order valence-corrected chi connectivity index (χ3v) is 4.61. The molecule has 0 unspecified atom stereocenters. The summed E-state index contributed by atoms with van der Waals surface area (Å²) < 4.78 is 5.15. The number of hydrogen-bond acceptors (Lipinski definition) is 4. The van der Waals surface area contributed by atoms with Crippen molar-refractivity contribution in [1.82, 2.24) is 10.3 Å². The predicted octanol–water partition coefficient (Wildman–Crippen LogP) is 5.30. The average molecular weight is 371 g/mol. The van der Waals surface area contributed by atoms with E-state index in [1.807, 2.05) is 42.5 Å². The van der Waals surface area contributed by atoms with Crippen molar-refractivity contribution < 1.29 is 9.53 Å². The number of aryl methyl sites for hydroxylation is 1. The highest BCUT2D eigenvalue weighted by Gasteiger charge is 2.10. The van der Waals surface area contributed by atoms with Crippen molar-refractivity contribution in [3.63, 3.8) is 0 Å². The monoisotopic (exact) mass is 371 g/mol. The van der Waals surface area contributed by atoms with Crippen molar-refractivity contribution in [2.75, 3.05) is 12.4 Å². The molecule has 0 aliphatic carbocycles. The van der Waals surface area contributed by atoms with Gasteiger partial charge in [0.05, 0.1) is 16.7 Å². The summed E-state index contributed by atoms with van der Waals surface area (Å²) in [5.74, 6) is 0. The zero-order valence-electron chi connectivity index (χ0n) is 15.8. The van der Waals surface area contributed by atoms with Crippen molar-refractivity contribution in [2.24, 2.45) is 0 Å². The molecular weight excluding hydrogens is 350 g/mol. The van der Waals surface area contributed by atoms with Gasteiger partial charge in [0.25, 0.3) is 0 Å². The molecule has 1 aromatic heterocycles. The molecule has 1 heterocycles. The molecule has 0 fully saturated rings. The highest BCUT2D eigenvalue weighted by Crippen LogP contribution is 2.33. The third-order valence-electron chi connectivity index (χ3n) is 4.61. The molecule has 140 valence electrons. The largest absolute Gasteiger partial charge is 0.445 e. The number of pyridine rings is 1. The van der Waals surface area contributed by atoms with Crippen LogP contribution in [0.5, 0.6) is 0 Å². The molecule has 0 saturated heterocycles. The number of nitrogens with one attached hydrogen (secondary N) is 2. The van der Waals surface area contributed by atoms with Crippen LogP contribution in [0.25, 0.3) is 21.8 Å². The van der Waals surface area contributed by atoms with Gasteiger partial charge in [-0.1, -0.05) is 42.5 Å². The Bertz CT molecular complexity index is 1170. The Morgan fingerprint density at radius 1 is 0.964 bits per heavy atom. The van der Waals surface area contributed by atoms with Crippen molar-refractivity contribution in [3.8, 4) is 0 Å². The Labute approximate surface area is 163 Å². The van der Waals surface area contributed by atoms with Crippen LogP contribution in [-0.4, -0.2) is 18.1 Å². The van der Waals surface area contributed by atoms with E-state index in [1.54, 1.807) is 7.05 Å². The summed E-state index contributed by atoms with van der Waals surface area (Å²) >= 11 is 0.